The highest BCUT2D eigenvalue weighted by Crippen LogP contribution is 2.26. The molecule has 2 heterocycles. The Balaban J connectivity index is 1.74. The highest BCUT2D eigenvalue weighted by molar-refractivity contribution is 6.99. The molecule has 1 aliphatic heterocycles. The van der Waals surface area contributed by atoms with Crippen LogP contribution in [0.4, 0.5) is 5.82 Å². The van der Waals surface area contributed by atoms with Crippen molar-refractivity contribution in [2.45, 2.75) is 39.2 Å². The van der Waals surface area contributed by atoms with Crippen LogP contribution < -0.4 is 15.0 Å². The summed E-state index contributed by atoms with van der Waals surface area (Å²) in [4.78, 5) is 2.08. The molecule has 1 aromatic rings. The molecule has 1 aliphatic rings. The zero-order valence-electron chi connectivity index (χ0n) is 12.5. The van der Waals surface area contributed by atoms with Crippen LogP contribution in [0.25, 0.3) is 0 Å². The summed E-state index contributed by atoms with van der Waals surface area (Å²) in [5, 5.41) is 3.44. The summed E-state index contributed by atoms with van der Waals surface area (Å²) in [6.45, 7) is 10.4. The SMILES string of the molecule is CC(C)(C)NCCCOc1nsnc1N1CCCOC1. The highest BCUT2D eigenvalue weighted by atomic mass is 32.1. The Hall–Kier alpha value is -0.920. The first-order valence-electron chi connectivity index (χ1n) is 7.09. The Morgan fingerprint density at radius 1 is 1.40 bits per heavy atom. The average molecular weight is 300 g/mol. The van der Waals surface area contributed by atoms with Gasteiger partial charge in [0, 0.05) is 12.1 Å². The lowest BCUT2D eigenvalue weighted by atomic mass is 10.1. The van der Waals surface area contributed by atoms with Gasteiger partial charge in [-0.25, -0.2) is 0 Å². The predicted molar refractivity (Wildman–Crippen MR) is 80.6 cm³/mol. The number of nitrogens with one attached hydrogen (secondary N) is 1. The molecule has 0 bridgehead atoms. The molecule has 0 aromatic carbocycles. The van der Waals surface area contributed by atoms with Crippen LogP contribution in [0.5, 0.6) is 5.88 Å². The van der Waals surface area contributed by atoms with Gasteiger partial charge >= 0.3 is 0 Å². The van der Waals surface area contributed by atoms with Crippen molar-refractivity contribution in [2.75, 3.05) is 37.9 Å². The Morgan fingerprint density at radius 2 is 2.25 bits per heavy atom. The van der Waals surface area contributed by atoms with E-state index in [0.717, 1.165) is 38.4 Å². The fourth-order valence-corrected chi connectivity index (χ4v) is 2.45. The topological polar surface area (TPSA) is 59.5 Å². The minimum atomic E-state index is 0.151. The molecule has 20 heavy (non-hydrogen) atoms. The van der Waals surface area contributed by atoms with Crippen molar-refractivity contribution in [1.82, 2.24) is 14.1 Å². The molecule has 7 heteroatoms. The second kappa shape index (κ2) is 7.19. The lowest BCUT2D eigenvalue weighted by Crippen LogP contribution is -2.36. The highest BCUT2D eigenvalue weighted by Gasteiger charge is 2.19. The monoisotopic (exact) mass is 300 g/mol. The summed E-state index contributed by atoms with van der Waals surface area (Å²) in [6.07, 6.45) is 1.97. The molecule has 1 saturated heterocycles. The molecular formula is C13H24N4O2S. The zero-order valence-corrected chi connectivity index (χ0v) is 13.3. The van der Waals surface area contributed by atoms with Gasteiger partial charge in [-0.2, -0.15) is 4.37 Å². The molecular weight excluding hydrogens is 276 g/mol. The number of hydrogen-bond acceptors (Lipinski definition) is 7. The van der Waals surface area contributed by atoms with Gasteiger partial charge in [0.05, 0.1) is 24.9 Å². The number of nitrogens with zero attached hydrogens (tertiary/aromatic N) is 3. The lowest BCUT2D eigenvalue weighted by Gasteiger charge is -2.26. The Kier molecular flexibility index (Phi) is 5.56. The molecule has 1 N–H and O–H groups in total. The molecule has 0 spiro atoms. The van der Waals surface area contributed by atoms with Crippen molar-refractivity contribution in [2.24, 2.45) is 0 Å². The Bertz CT molecular complexity index is 399. The van der Waals surface area contributed by atoms with Gasteiger partial charge in [0.1, 0.15) is 6.73 Å². The van der Waals surface area contributed by atoms with Crippen LogP contribution in [0, 0.1) is 0 Å². The van der Waals surface area contributed by atoms with E-state index in [-0.39, 0.29) is 5.54 Å². The van der Waals surface area contributed by atoms with Crippen molar-refractivity contribution in [1.29, 1.82) is 0 Å². The zero-order chi connectivity index (χ0) is 14.4. The van der Waals surface area contributed by atoms with Crippen molar-refractivity contribution >= 4 is 17.5 Å². The first kappa shape index (κ1) is 15.5. The number of anilines is 1. The summed E-state index contributed by atoms with van der Waals surface area (Å²) >= 11 is 1.19. The largest absolute Gasteiger partial charge is 0.474 e. The van der Waals surface area contributed by atoms with Crippen LogP contribution in [-0.4, -0.2) is 47.3 Å². The number of ether oxygens (including phenoxy) is 2. The Morgan fingerprint density at radius 3 is 2.95 bits per heavy atom. The molecule has 0 amide bonds. The first-order valence-corrected chi connectivity index (χ1v) is 7.82. The molecule has 114 valence electrons. The van der Waals surface area contributed by atoms with Crippen LogP contribution in [0.2, 0.25) is 0 Å². The summed E-state index contributed by atoms with van der Waals surface area (Å²) in [5.41, 5.74) is 0.151. The van der Waals surface area contributed by atoms with Gasteiger partial charge in [-0.1, -0.05) is 0 Å². The third kappa shape index (κ3) is 4.88. The van der Waals surface area contributed by atoms with E-state index in [9.17, 15) is 0 Å². The van der Waals surface area contributed by atoms with E-state index < -0.39 is 0 Å². The van der Waals surface area contributed by atoms with Crippen molar-refractivity contribution in [3.05, 3.63) is 0 Å². The van der Waals surface area contributed by atoms with Crippen LogP contribution in [0.3, 0.4) is 0 Å². The van der Waals surface area contributed by atoms with Gasteiger partial charge in [-0.05, 0) is 40.2 Å². The summed E-state index contributed by atoms with van der Waals surface area (Å²) in [5.74, 6) is 1.45. The van der Waals surface area contributed by atoms with Crippen LogP contribution >= 0.6 is 11.7 Å². The van der Waals surface area contributed by atoms with E-state index in [0.29, 0.717) is 19.2 Å². The summed E-state index contributed by atoms with van der Waals surface area (Å²) in [6, 6.07) is 0. The molecule has 1 fully saturated rings. The van der Waals surface area contributed by atoms with Gasteiger partial charge in [0.2, 0.25) is 5.82 Å². The molecule has 0 aliphatic carbocycles. The molecule has 1 aromatic heterocycles. The molecule has 0 unspecified atom stereocenters. The second-order valence-electron chi connectivity index (χ2n) is 5.93. The average Bonchev–Trinajstić information content (AvgIpc) is 2.86. The molecule has 6 nitrogen and oxygen atoms in total. The minimum Gasteiger partial charge on any atom is -0.474 e. The maximum absolute atomic E-state index is 5.74. The third-order valence-corrected chi connectivity index (χ3v) is 3.42. The summed E-state index contributed by atoms with van der Waals surface area (Å²) in [7, 11) is 0. The van der Waals surface area contributed by atoms with E-state index in [1.807, 2.05) is 0 Å². The maximum atomic E-state index is 5.74. The number of rotatable bonds is 6. The second-order valence-corrected chi connectivity index (χ2v) is 6.45. The molecule has 2 rings (SSSR count). The fourth-order valence-electron chi connectivity index (χ4n) is 1.93. The van der Waals surface area contributed by atoms with Gasteiger partial charge in [0.25, 0.3) is 5.88 Å². The van der Waals surface area contributed by atoms with Gasteiger partial charge < -0.3 is 19.7 Å². The normalized spacial score (nSPS) is 16.4. The van der Waals surface area contributed by atoms with Crippen LogP contribution in [0.1, 0.15) is 33.6 Å². The number of aromatic nitrogens is 2. The van der Waals surface area contributed by atoms with E-state index >= 15 is 0 Å². The van der Waals surface area contributed by atoms with Crippen LogP contribution in [0.15, 0.2) is 0 Å². The van der Waals surface area contributed by atoms with Crippen molar-refractivity contribution in [3.63, 3.8) is 0 Å². The lowest BCUT2D eigenvalue weighted by molar-refractivity contribution is 0.106. The minimum absolute atomic E-state index is 0.151. The van der Waals surface area contributed by atoms with Gasteiger partial charge in [-0.15, -0.1) is 4.37 Å². The summed E-state index contributed by atoms with van der Waals surface area (Å²) < 4.78 is 19.7. The van der Waals surface area contributed by atoms with E-state index in [4.69, 9.17) is 9.47 Å². The van der Waals surface area contributed by atoms with E-state index in [2.05, 4.69) is 39.7 Å². The standard InChI is InChI=1S/C13H24N4O2S/c1-13(2,3)14-6-4-9-19-12-11(15-20-16-12)17-7-5-8-18-10-17/h14H,4-10H2,1-3H3. The third-order valence-electron chi connectivity index (χ3n) is 2.92. The molecule has 0 saturated carbocycles. The molecule has 0 atom stereocenters. The Labute approximate surface area is 124 Å². The van der Waals surface area contributed by atoms with Gasteiger partial charge in [0.15, 0.2) is 0 Å². The predicted octanol–water partition coefficient (Wildman–Crippen LogP) is 1.88. The van der Waals surface area contributed by atoms with Crippen LogP contribution in [-0.2, 0) is 4.74 Å². The molecule has 0 radical (unpaired) electrons. The first-order chi connectivity index (χ1) is 9.56. The smallest absolute Gasteiger partial charge is 0.270 e. The van der Waals surface area contributed by atoms with Gasteiger partial charge in [-0.3, -0.25) is 0 Å². The quantitative estimate of drug-likeness (QED) is 0.810. The van der Waals surface area contributed by atoms with Crippen molar-refractivity contribution in [3.8, 4) is 5.88 Å². The fraction of sp³-hybridized carbons (Fsp3) is 0.846. The van der Waals surface area contributed by atoms with E-state index in [1.54, 1.807) is 0 Å². The number of hydrogen-bond donors (Lipinski definition) is 1. The van der Waals surface area contributed by atoms with E-state index in [1.165, 1.54) is 11.7 Å². The van der Waals surface area contributed by atoms with Crippen molar-refractivity contribution < 1.29 is 9.47 Å². The maximum Gasteiger partial charge on any atom is 0.270 e.